The van der Waals surface area contributed by atoms with Crippen LogP contribution >= 0.6 is 23.2 Å². The summed E-state index contributed by atoms with van der Waals surface area (Å²) < 4.78 is 5.76. The predicted octanol–water partition coefficient (Wildman–Crippen LogP) is 5.04. The maximum Gasteiger partial charge on any atom is 0.231 e. The number of benzene rings is 2. The molecule has 134 valence electrons. The van der Waals surface area contributed by atoms with Gasteiger partial charge in [0, 0.05) is 41.3 Å². The molecule has 7 heteroatoms. The van der Waals surface area contributed by atoms with Crippen molar-refractivity contribution in [3.8, 4) is 0 Å². The Bertz CT molecular complexity index is 1010. The molecule has 2 N–H and O–H groups in total. The topological polar surface area (TPSA) is 71.8 Å². The molecule has 0 aliphatic heterocycles. The van der Waals surface area contributed by atoms with E-state index < -0.39 is 0 Å². The second kappa shape index (κ2) is 7.40. The number of furan rings is 1. The highest BCUT2D eigenvalue weighted by Gasteiger charge is 2.22. The summed E-state index contributed by atoms with van der Waals surface area (Å²) in [7, 11) is 1.88. The molecule has 3 rings (SSSR count). The molecular formula is C19H17Cl2N3O2. The first-order chi connectivity index (χ1) is 12.4. The average Bonchev–Trinajstić information content (AvgIpc) is 2.95. The van der Waals surface area contributed by atoms with Gasteiger partial charge in [0.25, 0.3) is 0 Å². The lowest BCUT2D eigenvalue weighted by Gasteiger charge is -2.12. The van der Waals surface area contributed by atoms with E-state index in [0.717, 1.165) is 5.69 Å². The molecule has 0 aliphatic rings. The van der Waals surface area contributed by atoms with Crippen molar-refractivity contribution < 1.29 is 9.21 Å². The first kappa shape index (κ1) is 18.3. The van der Waals surface area contributed by atoms with Crippen LogP contribution in [0.15, 0.2) is 45.8 Å². The lowest BCUT2D eigenvalue weighted by Crippen LogP contribution is -2.14. The number of halogens is 2. The maximum absolute atomic E-state index is 12.8. The maximum atomic E-state index is 12.8. The van der Waals surface area contributed by atoms with Gasteiger partial charge in [-0.05, 0) is 37.3 Å². The molecule has 0 bridgehead atoms. The fourth-order valence-corrected chi connectivity index (χ4v) is 3.05. The van der Waals surface area contributed by atoms with Crippen LogP contribution in [0.3, 0.4) is 0 Å². The summed E-state index contributed by atoms with van der Waals surface area (Å²) in [6.07, 6.45) is 1.73. The van der Waals surface area contributed by atoms with Gasteiger partial charge in [0.05, 0.1) is 17.0 Å². The number of nitrogens with two attached hydrogens (primary N) is 1. The van der Waals surface area contributed by atoms with Gasteiger partial charge in [0.1, 0.15) is 5.58 Å². The number of carbonyl (C=O) groups is 1. The Labute approximate surface area is 161 Å². The zero-order valence-electron chi connectivity index (χ0n) is 14.3. The van der Waals surface area contributed by atoms with Crippen LogP contribution in [-0.4, -0.2) is 25.7 Å². The molecule has 0 amide bonds. The fourth-order valence-electron chi connectivity index (χ4n) is 2.56. The number of fused-ring (bicyclic) bond motifs is 1. The minimum atomic E-state index is -0.386. The van der Waals surface area contributed by atoms with Crippen molar-refractivity contribution in [2.24, 2.45) is 4.99 Å². The Morgan fingerprint density at radius 2 is 2.04 bits per heavy atom. The average molecular weight is 390 g/mol. The monoisotopic (exact) mass is 389 g/mol. The fraction of sp³-hybridized carbons (Fsp3) is 0.158. The van der Waals surface area contributed by atoms with Gasteiger partial charge in [-0.2, -0.15) is 0 Å². The molecule has 2 aromatic carbocycles. The zero-order chi connectivity index (χ0) is 18.8. The molecule has 26 heavy (non-hydrogen) atoms. The number of aliphatic imine (C=N–C) groups is 1. The number of anilines is 2. The SMILES string of the molecule is CCN=CN(C)c1ccc2c(N)c(C(=O)c3ccc(Cl)cc3Cl)oc2c1. The van der Waals surface area contributed by atoms with E-state index in [4.69, 9.17) is 33.4 Å². The Morgan fingerprint density at radius 3 is 2.73 bits per heavy atom. The number of ketones is 1. The second-order valence-electron chi connectivity index (χ2n) is 5.70. The molecule has 0 radical (unpaired) electrons. The lowest BCUT2D eigenvalue weighted by molar-refractivity contribution is 0.101. The Kier molecular flexibility index (Phi) is 5.20. The predicted molar refractivity (Wildman–Crippen MR) is 108 cm³/mol. The van der Waals surface area contributed by atoms with Gasteiger partial charge in [-0.15, -0.1) is 0 Å². The zero-order valence-corrected chi connectivity index (χ0v) is 15.8. The van der Waals surface area contributed by atoms with Gasteiger partial charge in [0.2, 0.25) is 5.78 Å². The molecule has 3 aromatic rings. The van der Waals surface area contributed by atoms with Gasteiger partial charge in [-0.3, -0.25) is 9.79 Å². The molecule has 1 aromatic heterocycles. The van der Waals surface area contributed by atoms with Crippen molar-refractivity contribution in [3.63, 3.8) is 0 Å². The standard InChI is InChI=1S/C19H17Cl2N3O2/c1-3-23-10-24(2)12-5-7-14-16(9-12)26-19(17(14)22)18(25)13-6-4-11(20)8-15(13)21/h4-10H,3,22H2,1-2H3. The van der Waals surface area contributed by atoms with E-state index in [1.54, 1.807) is 18.5 Å². The smallest absolute Gasteiger partial charge is 0.231 e. The van der Waals surface area contributed by atoms with Crippen LogP contribution in [0.1, 0.15) is 23.0 Å². The van der Waals surface area contributed by atoms with Crippen molar-refractivity contribution in [2.45, 2.75) is 6.92 Å². The molecular weight excluding hydrogens is 373 g/mol. The molecule has 0 aliphatic carbocycles. The number of rotatable bonds is 5. The van der Waals surface area contributed by atoms with Crippen LogP contribution < -0.4 is 10.6 Å². The van der Waals surface area contributed by atoms with E-state index in [0.29, 0.717) is 22.5 Å². The summed E-state index contributed by atoms with van der Waals surface area (Å²) in [5, 5.41) is 1.37. The highest BCUT2D eigenvalue weighted by Crippen LogP contribution is 2.34. The summed E-state index contributed by atoms with van der Waals surface area (Å²) in [5.74, 6) is -0.325. The van der Waals surface area contributed by atoms with Crippen LogP contribution in [0.5, 0.6) is 0 Å². The van der Waals surface area contributed by atoms with Gasteiger partial charge in [0.15, 0.2) is 5.76 Å². The number of hydrogen-bond acceptors (Lipinski definition) is 4. The minimum Gasteiger partial charge on any atom is -0.450 e. The first-order valence-corrected chi connectivity index (χ1v) is 8.72. The first-order valence-electron chi connectivity index (χ1n) is 7.97. The number of nitrogens with zero attached hydrogens (tertiary/aromatic N) is 2. The van der Waals surface area contributed by atoms with E-state index in [1.807, 2.05) is 37.1 Å². The van der Waals surface area contributed by atoms with E-state index in [9.17, 15) is 4.79 Å². The lowest BCUT2D eigenvalue weighted by atomic mass is 10.1. The Morgan fingerprint density at radius 1 is 1.27 bits per heavy atom. The van der Waals surface area contributed by atoms with Crippen LogP contribution in [-0.2, 0) is 0 Å². The molecule has 0 atom stereocenters. The molecule has 0 fully saturated rings. The highest BCUT2D eigenvalue weighted by molar-refractivity contribution is 6.37. The number of carbonyl (C=O) groups excluding carboxylic acids is 1. The Hall–Kier alpha value is -2.50. The second-order valence-corrected chi connectivity index (χ2v) is 6.55. The van der Waals surface area contributed by atoms with E-state index >= 15 is 0 Å². The largest absolute Gasteiger partial charge is 0.450 e. The van der Waals surface area contributed by atoms with Crippen molar-refractivity contribution in [3.05, 3.63) is 57.8 Å². The number of nitrogen functional groups attached to an aromatic ring is 1. The summed E-state index contributed by atoms with van der Waals surface area (Å²) >= 11 is 12.0. The normalized spacial score (nSPS) is 11.4. The van der Waals surface area contributed by atoms with Gasteiger partial charge in [-0.1, -0.05) is 23.2 Å². The quantitative estimate of drug-likeness (QED) is 0.377. The summed E-state index contributed by atoms with van der Waals surface area (Å²) in [6.45, 7) is 2.65. The number of hydrogen-bond donors (Lipinski definition) is 1. The summed E-state index contributed by atoms with van der Waals surface area (Å²) in [6, 6.07) is 10.2. The molecule has 0 unspecified atom stereocenters. The van der Waals surface area contributed by atoms with Gasteiger partial charge in [-0.25, -0.2) is 0 Å². The van der Waals surface area contributed by atoms with Crippen molar-refractivity contribution in [1.29, 1.82) is 0 Å². The molecule has 0 spiro atoms. The molecule has 0 saturated heterocycles. The summed E-state index contributed by atoms with van der Waals surface area (Å²) in [4.78, 5) is 18.9. The molecule has 5 nitrogen and oxygen atoms in total. The van der Waals surface area contributed by atoms with Crippen molar-refractivity contribution in [2.75, 3.05) is 24.2 Å². The van der Waals surface area contributed by atoms with Crippen molar-refractivity contribution in [1.82, 2.24) is 0 Å². The van der Waals surface area contributed by atoms with Gasteiger partial charge < -0.3 is 15.1 Å². The van der Waals surface area contributed by atoms with E-state index in [-0.39, 0.29) is 27.8 Å². The van der Waals surface area contributed by atoms with Crippen molar-refractivity contribution >= 4 is 57.7 Å². The molecule has 0 saturated carbocycles. The minimum absolute atomic E-state index is 0.0613. The third-order valence-electron chi connectivity index (χ3n) is 3.94. The third kappa shape index (κ3) is 3.41. The van der Waals surface area contributed by atoms with Crippen LogP contribution in [0.2, 0.25) is 10.0 Å². The highest BCUT2D eigenvalue weighted by atomic mass is 35.5. The van der Waals surface area contributed by atoms with Crippen LogP contribution in [0.4, 0.5) is 11.4 Å². The van der Waals surface area contributed by atoms with E-state index in [2.05, 4.69) is 4.99 Å². The molecule has 1 heterocycles. The summed E-state index contributed by atoms with van der Waals surface area (Å²) in [5.41, 5.74) is 8.10. The Balaban J connectivity index is 2.03. The van der Waals surface area contributed by atoms with Gasteiger partial charge >= 0.3 is 0 Å². The van der Waals surface area contributed by atoms with E-state index in [1.165, 1.54) is 6.07 Å². The third-order valence-corrected chi connectivity index (χ3v) is 4.49. The van der Waals surface area contributed by atoms with Crippen LogP contribution in [0.25, 0.3) is 11.0 Å². The van der Waals surface area contributed by atoms with Crippen LogP contribution in [0, 0.1) is 0 Å².